The fourth-order valence-electron chi connectivity index (χ4n) is 4.27. The Morgan fingerprint density at radius 3 is 3.00 bits per heavy atom. The van der Waals surface area contributed by atoms with E-state index in [2.05, 4.69) is 23.1 Å². The van der Waals surface area contributed by atoms with Crippen molar-refractivity contribution in [3.63, 3.8) is 0 Å². The second kappa shape index (κ2) is 5.48. The lowest BCUT2D eigenvalue weighted by Gasteiger charge is -2.29. The monoisotopic (exact) mass is 317 g/mol. The van der Waals surface area contributed by atoms with Gasteiger partial charge in [-0.1, -0.05) is 23.8 Å². The van der Waals surface area contributed by atoms with Crippen LogP contribution in [0.2, 0.25) is 0 Å². The maximum Gasteiger partial charge on any atom is 0.307 e. The molecule has 1 saturated carbocycles. The zero-order valence-corrected chi connectivity index (χ0v) is 13.8. The standard InChI is InChI=1S/C17H23N3OS/c1-19-15-6-5-11(7-16(15)22-17(19)21)8-20-9-12-3-2-4-14(18)13(12)10-20/h5-7,12-14H,2-4,8-10,18H2,1H3. The molecule has 3 unspecified atom stereocenters. The van der Waals surface area contributed by atoms with Crippen LogP contribution < -0.4 is 10.6 Å². The molecule has 3 atom stereocenters. The molecule has 2 N–H and O–H groups in total. The Morgan fingerprint density at radius 1 is 1.32 bits per heavy atom. The summed E-state index contributed by atoms with van der Waals surface area (Å²) in [5.74, 6) is 1.48. The van der Waals surface area contributed by atoms with Crippen LogP contribution in [0.5, 0.6) is 0 Å². The molecular weight excluding hydrogens is 294 g/mol. The molecule has 1 aromatic carbocycles. The summed E-state index contributed by atoms with van der Waals surface area (Å²) in [5, 5.41) is 0. The van der Waals surface area contributed by atoms with Crippen molar-refractivity contribution >= 4 is 21.6 Å². The Hall–Kier alpha value is -1.17. The maximum absolute atomic E-state index is 11.8. The summed E-state index contributed by atoms with van der Waals surface area (Å²) in [6.45, 7) is 3.29. The van der Waals surface area contributed by atoms with Gasteiger partial charge in [-0.05, 0) is 42.4 Å². The molecule has 2 fully saturated rings. The molecule has 2 aromatic rings. The second-order valence-electron chi connectivity index (χ2n) is 6.94. The van der Waals surface area contributed by atoms with E-state index in [1.165, 1.54) is 42.7 Å². The number of aryl methyl sites for hydroxylation is 1. The van der Waals surface area contributed by atoms with Gasteiger partial charge in [0.25, 0.3) is 0 Å². The normalized spacial score (nSPS) is 29.1. The van der Waals surface area contributed by atoms with Crippen LogP contribution >= 0.6 is 11.3 Å². The van der Waals surface area contributed by atoms with Crippen LogP contribution in [0.15, 0.2) is 23.0 Å². The highest BCUT2D eigenvalue weighted by atomic mass is 32.1. The molecule has 0 spiro atoms. The topological polar surface area (TPSA) is 51.3 Å². The van der Waals surface area contributed by atoms with E-state index in [0.717, 1.165) is 29.2 Å². The highest BCUT2D eigenvalue weighted by Crippen LogP contribution is 2.36. The van der Waals surface area contributed by atoms with Gasteiger partial charge in [0.15, 0.2) is 0 Å². The van der Waals surface area contributed by atoms with Crippen LogP contribution in [0.25, 0.3) is 10.2 Å². The first-order chi connectivity index (χ1) is 10.6. The summed E-state index contributed by atoms with van der Waals surface area (Å²) >= 11 is 1.34. The average Bonchev–Trinajstić information content (AvgIpc) is 3.02. The molecule has 4 nitrogen and oxygen atoms in total. The van der Waals surface area contributed by atoms with Crippen molar-refractivity contribution in [1.82, 2.24) is 9.47 Å². The number of nitrogens with zero attached hydrogens (tertiary/aromatic N) is 2. The predicted octanol–water partition coefficient (Wildman–Crippen LogP) is 2.16. The van der Waals surface area contributed by atoms with Crippen molar-refractivity contribution in [3.05, 3.63) is 33.4 Å². The van der Waals surface area contributed by atoms with Crippen LogP contribution in [0.4, 0.5) is 0 Å². The molecule has 1 saturated heterocycles. The van der Waals surface area contributed by atoms with E-state index in [4.69, 9.17) is 5.73 Å². The average molecular weight is 317 g/mol. The SMILES string of the molecule is Cn1c(=O)sc2cc(CN3CC4CCCC(N)C4C3)ccc21. The van der Waals surface area contributed by atoms with Gasteiger partial charge >= 0.3 is 4.87 Å². The number of likely N-dealkylation sites (tertiary alicyclic amines) is 1. The van der Waals surface area contributed by atoms with Crippen molar-refractivity contribution < 1.29 is 0 Å². The first-order valence-corrected chi connectivity index (χ1v) is 9.00. The molecule has 1 aromatic heterocycles. The Bertz CT molecular complexity index is 750. The van der Waals surface area contributed by atoms with Gasteiger partial charge in [0, 0.05) is 32.7 Å². The highest BCUT2D eigenvalue weighted by Gasteiger charge is 2.38. The summed E-state index contributed by atoms with van der Waals surface area (Å²) in [6.07, 6.45) is 3.83. The maximum atomic E-state index is 11.8. The summed E-state index contributed by atoms with van der Waals surface area (Å²) < 4.78 is 2.83. The van der Waals surface area contributed by atoms with Gasteiger partial charge in [-0.2, -0.15) is 0 Å². The molecular formula is C17H23N3OS. The molecule has 1 aliphatic carbocycles. The minimum Gasteiger partial charge on any atom is -0.327 e. The molecule has 1 aliphatic heterocycles. The summed E-state index contributed by atoms with van der Waals surface area (Å²) in [4.78, 5) is 14.4. The van der Waals surface area contributed by atoms with Crippen LogP contribution in [0.3, 0.4) is 0 Å². The van der Waals surface area contributed by atoms with Gasteiger partial charge < -0.3 is 10.3 Å². The van der Waals surface area contributed by atoms with E-state index >= 15 is 0 Å². The Kier molecular flexibility index (Phi) is 3.59. The van der Waals surface area contributed by atoms with Crippen LogP contribution in [0, 0.1) is 11.8 Å². The van der Waals surface area contributed by atoms with E-state index < -0.39 is 0 Å². The third-order valence-electron chi connectivity index (χ3n) is 5.49. The highest BCUT2D eigenvalue weighted by molar-refractivity contribution is 7.16. The zero-order valence-electron chi connectivity index (χ0n) is 13.0. The Morgan fingerprint density at radius 2 is 2.18 bits per heavy atom. The molecule has 0 amide bonds. The largest absolute Gasteiger partial charge is 0.327 e. The number of aromatic nitrogens is 1. The lowest BCUT2D eigenvalue weighted by molar-refractivity contribution is 0.259. The van der Waals surface area contributed by atoms with Gasteiger partial charge in [0.1, 0.15) is 0 Å². The minimum absolute atomic E-state index is 0.116. The number of hydrogen-bond donors (Lipinski definition) is 1. The number of benzene rings is 1. The lowest BCUT2D eigenvalue weighted by atomic mass is 9.78. The Labute approximate surface area is 134 Å². The minimum atomic E-state index is 0.116. The number of thiazole rings is 1. The number of hydrogen-bond acceptors (Lipinski definition) is 4. The van der Waals surface area contributed by atoms with E-state index in [1.807, 2.05) is 7.05 Å². The molecule has 22 heavy (non-hydrogen) atoms. The van der Waals surface area contributed by atoms with Gasteiger partial charge in [0.05, 0.1) is 10.2 Å². The summed E-state index contributed by atoms with van der Waals surface area (Å²) in [7, 11) is 1.84. The van der Waals surface area contributed by atoms with E-state index in [-0.39, 0.29) is 4.87 Å². The molecule has 0 radical (unpaired) electrons. The summed E-state index contributed by atoms with van der Waals surface area (Å²) in [6, 6.07) is 6.82. The fourth-order valence-corrected chi connectivity index (χ4v) is 5.22. The van der Waals surface area contributed by atoms with Gasteiger partial charge in [-0.25, -0.2) is 0 Å². The van der Waals surface area contributed by atoms with Gasteiger partial charge in [0.2, 0.25) is 0 Å². The predicted molar refractivity (Wildman–Crippen MR) is 91.1 cm³/mol. The van der Waals surface area contributed by atoms with Crippen molar-refractivity contribution in [2.24, 2.45) is 24.6 Å². The fraction of sp³-hybridized carbons (Fsp3) is 0.588. The van der Waals surface area contributed by atoms with E-state index in [1.54, 1.807) is 4.57 Å². The molecule has 0 bridgehead atoms. The van der Waals surface area contributed by atoms with Gasteiger partial charge in [-0.3, -0.25) is 9.69 Å². The van der Waals surface area contributed by atoms with Gasteiger partial charge in [-0.15, -0.1) is 0 Å². The second-order valence-corrected chi connectivity index (χ2v) is 7.94. The third kappa shape index (κ3) is 2.41. The summed E-state index contributed by atoms with van der Waals surface area (Å²) in [5.41, 5.74) is 8.65. The van der Waals surface area contributed by atoms with Crippen LogP contribution in [0.1, 0.15) is 24.8 Å². The molecule has 118 valence electrons. The van der Waals surface area contributed by atoms with Crippen molar-refractivity contribution in [3.8, 4) is 0 Å². The third-order valence-corrected chi connectivity index (χ3v) is 6.49. The Balaban J connectivity index is 1.53. The van der Waals surface area contributed by atoms with E-state index in [9.17, 15) is 4.79 Å². The van der Waals surface area contributed by atoms with Crippen LogP contribution in [-0.2, 0) is 13.6 Å². The number of fused-ring (bicyclic) bond motifs is 2. The molecule has 2 aliphatic rings. The number of nitrogens with two attached hydrogens (primary N) is 1. The molecule has 2 heterocycles. The van der Waals surface area contributed by atoms with Crippen molar-refractivity contribution in [1.29, 1.82) is 0 Å². The first kappa shape index (κ1) is 14.4. The van der Waals surface area contributed by atoms with Crippen molar-refractivity contribution in [2.45, 2.75) is 31.8 Å². The molecule has 4 rings (SSSR count). The van der Waals surface area contributed by atoms with Crippen molar-refractivity contribution in [2.75, 3.05) is 13.1 Å². The van der Waals surface area contributed by atoms with Crippen LogP contribution in [-0.4, -0.2) is 28.6 Å². The molecule has 5 heteroatoms. The smallest absolute Gasteiger partial charge is 0.307 e. The first-order valence-electron chi connectivity index (χ1n) is 8.18. The van der Waals surface area contributed by atoms with E-state index in [0.29, 0.717) is 12.0 Å². The quantitative estimate of drug-likeness (QED) is 0.923. The lowest BCUT2D eigenvalue weighted by Crippen LogP contribution is -2.38. The number of rotatable bonds is 2. The zero-order chi connectivity index (χ0) is 15.3.